The number of carbonyl (C=O) groups is 1. The van der Waals surface area contributed by atoms with E-state index in [1.807, 2.05) is 0 Å². The number of anilines is 1. The Kier molecular flexibility index (Phi) is 4.46. The minimum absolute atomic E-state index is 0.0823. The predicted molar refractivity (Wildman–Crippen MR) is 55.5 cm³/mol. The van der Waals surface area contributed by atoms with Crippen molar-refractivity contribution in [2.45, 2.75) is 6.10 Å². The SMILES string of the molecule is COc1ccnc(NCC(OC)C(=O)O)n1. The number of ether oxygens (including phenoxy) is 2. The van der Waals surface area contributed by atoms with Crippen LogP contribution in [0.2, 0.25) is 0 Å². The van der Waals surface area contributed by atoms with Crippen molar-refractivity contribution in [3.63, 3.8) is 0 Å². The van der Waals surface area contributed by atoms with Crippen LogP contribution in [0.1, 0.15) is 0 Å². The standard InChI is InChI=1S/C9H13N3O4/c1-15-6(8(13)14)5-11-9-10-4-3-7(12-9)16-2/h3-4,6H,5H2,1-2H3,(H,13,14)(H,10,11,12). The zero-order chi connectivity index (χ0) is 12.0. The molecule has 0 fully saturated rings. The van der Waals surface area contributed by atoms with Gasteiger partial charge in [-0.05, 0) is 0 Å². The van der Waals surface area contributed by atoms with Gasteiger partial charge >= 0.3 is 5.97 Å². The first kappa shape index (κ1) is 12.2. The van der Waals surface area contributed by atoms with Gasteiger partial charge in [0, 0.05) is 19.4 Å². The molecule has 0 bridgehead atoms. The minimum atomic E-state index is -1.04. The zero-order valence-corrected chi connectivity index (χ0v) is 9.01. The summed E-state index contributed by atoms with van der Waals surface area (Å²) in [7, 11) is 2.81. The number of rotatable bonds is 6. The number of carboxylic acids is 1. The second-order valence-electron chi connectivity index (χ2n) is 2.87. The summed E-state index contributed by atoms with van der Waals surface area (Å²) in [6, 6.07) is 1.59. The van der Waals surface area contributed by atoms with Gasteiger partial charge in [0.1, 0.15) is 0 Å². The number of aliphatic carboxylic acids is 1. The third-order valence-corrected chi connectivity index (χ3v) is 1.84. The van der Waals surface area contributed by atoms with Crippen LogP contribution in [0.3, 0.4) is 0 Å². The summed E-state index contributed by atoms with van der Waals surface area (Å²) < 4.78 is 9.64. The van der Waals surface area contributed by atoms with Crippen LogP contribution in [-0.4, -0.2) is 47.9 Å². The van der Waals surface area contributed by atoms with Gasteiger partial charge in [0.25, 0.3) is 0 Å². The Morgan fingerprint density at radius 1 is 1.62 bits per heavy atom. The van der Waals surface area contributed by atoms with Crippen LogP contribution < -0.4 is 10.1 Å². The molecule has 1 atom stereocenters. The normalized spacial score (nSPS) is 11.9. The third kappa shape index (κ3) is 3.35. The summed E-state index contributed by atoms with van der Waals surface area (Å²) in [6.45, 7) is 0.0823. The van der Waals surface area contributed by atoms with Crippen molar-refractivity contribution in [2.75, 3.05) is 26.1 Å². The number of hydrogen-bond donors (Lipinski definition) is 2. The van der Waals surface area contributed by atoms with Crippen LogP contribution >= 0.6 is 0 Å². The largest absolute Gasteiger partial charge is 0.481 e. The summed E-state index contributed by atoms with van der Waals surface area (Å²) in [4.78, 5) is 18.5. The molecule has 1 aromatic heterocycles. The molecule has 88 valence electrons. The van der Waals surface area contributed by atoms with Gasteiger partial charge in [0.05, 0.1) is 13.7 Å². The molecule has 0 radical (unpaired) electrons. The van der Waals surface area contributed by atoms with Gasteiger partial charge in [-0.15, -0.1) is 0 Å². The Morgan fingerprint density at radius 2 is 2.38 bits per heavy atom. The van der Waals surface area contributed by atoms with Crippen molar-refractivity contribution >= 4 is 11.9 Å². The number of aromatic nitrogens is 2. The number of carboxylic acid groups (broad SMARTS) is 1. The Balaban J connectivity index is 2.56. The Bertz CT molecular complexity index is 358. The van der Waals surface area contributed by atoms with Gasteiger partial charge in [-0.1, -0.05) is 0 Å². The van der Waals surface area contributed by atoms with Crippen LogP contribution in [0.5, 0.6) is 5.88 Å². The molecule has 1 unspecified atom stereocenters. The highest BCUT2D eigenvalue weighted by atomic mass is 16.5. The molecule has 0 amide bonds. The van der Waals surface area contributed by atoms with Crippen LogP contribution in [0.25, 0.3) is 0 Å². The molecule has 1 aromatic rings. The molecular formula is C9H13N3O4. The molecule has 0 aromatic carbocycles. The fourth-order valence-electron chi connectivity index (χ4n) is 0.996. The summed E-state index contributed by atoms with van der Waals surface area (Å²) >= 11 is 0. The second-order valence-corrected chi connectivity index (χ2v) is 2.87. The molecule has 16 heavy (non-hydrogen) atoms. The van der Waals surface area contributed by atoms with Crippen molar-refractivity contribution in [3.8, 4) is 5.88 Å². The maximum Gasteiger partial charge on any atom is 0.334 e. The van der Waals surface area contributed by atoms with Crippen molar-refractivity contribution in [3.05, 3.63) is 12.3 Å². The molecule has 0 spiro atoms. The van der Waals surface area contributed by atoms with E-state index in [1.54, 1.807) is 6.07 Å². The second kappa shape index (κ2) is 5.86. The molecule has 1 heterocycles. The average molecular weight is 227 g/mol. The topological polar surface area (TPSA) is 93.6 Å². The predicted octanol–water partition coefficient (Wildman–Crippen LogP) is -0.00330. The van der Waals surface area contributed by atoms with Crippen LogP contribution in [0.4, 0.5) is 5.95 Å². The van der Waals surface area contributed by atoms with Crippen LogP contribution in [0.15, 0.2) is 12.3 Å². The lowest BCUT2D eigenvalue weighted by Gasteiger charge is -2.11. The molecule has 2 N–H and O–H groups in total. The Hall–Kier alpha value is -1.89. The summed E-state index contributed by atoms with van der Waals surface area (Å²) in [5.41, 5.74) is 0. The molecular weight excluding hydrogens is 214 g/mol. The van der Waals surface area contributed by atoms with Gasteiger partial charge in [0.2, 0.25) is 11.8 Å². The van der Waals surface area contributed by atoms with Crippen LogP contribution in [0, 0.1) is 0 Å². The van der Waals surface area contributed by atoms with Gasteiger partial charge in [0.15, 0.2) is 6.10 Å². The van der Waals surface area contributed by atoms with E-state index in [0.717, 1.165) is 0 Å². The summed E-state index contributed by atoms with van der Waals surface area (Å²) in [5, 5.41) is 11.5. The molecule has 0 saturated carbocycles. The van der Waals surface area contributed by atoms with Gasteiger partial charge in [-0.25, -0.2) is 9.78 Å². The van der Waals surface area contributed by atoms with Crippen molar-refractivity contribution in [1.82, 2.24) is 9.97 Å². The van der Waals surface area contributed by atoms with E-state index in [0.29, 0.717) is 11.8 Å². The number of hydrogen-bond acceptors (Lipinski definition) is 6. The highest BCUT2D eigenvalue weighted by molar-refractivity contribution is 5.73. The molecule has 7 nitrogen and oxygen atoms in total. The van der Waals surface area contributed by atoms with Crippen molar-refractivity contribution in [2.24, 2.45) is 0 Å². The van der Waals surface area contributed by atoms with Crippen LogP contribution in [-0.2, 0) is 9.53 Å². The van der Waals surface area contributed by atoms with E-state index < -0.39 is 12.1 Å². The molecule has 1 rings (SSSR count). The molecule has 0 aliphatic heterocycles. The lowest BCUT2D eigenvalue weighted by Crippen LogP contribution is -2.30. The Labute approximate surface area is 92.4 Å². The average Bonchev–Trinajstić information content (AvgIpc) is 2.29. The molecule has 0 aliphatic rings. The minimum Gasteiger partial charge on any atom is -0.481 e. The van der Waals surface area contributed by atoms with E-state index in [-0.39, 0.29) is 6.54 Å². The fraction of sp³-hybridized carbons (Fsp3) is 0.444. The molecule has 7 heteroatoms. The lowest BCUT2D eigenvalue weighted by molar-refractivity contribution is -0.147. The number of nitrogens with one attached hydrogen (secondary N) is 1. The van der Waals surface area contributed by atoms with Gasteiger partial charge < -0.3 is 19.9 Å². The van der Waals surface area contributed by atoms with Crippen molar-refractivity contribution in [1.29, 1.82) is 0 Å². The van der Waals surface area contributed by atoms with E-state index >= 15 is 0 Å². The fourth-order valence-corrected chi connectivity index (χ4v) is 0.996. The lowest BCUT2D eigenvalue weighted by atomic mass is 10.3. The van der Waals surface area contributed by atoms with Gasteiger partial charge in [-0.3, -0.25) is 0 Å². The number of nitrogens with zero attached hydrogens (tertiary/aromatic N) is 2. The Morgan fingerprint density at radius 3 is 2.94 bits per heavy atom. The zero-order valence-electron chi connectivity index (χ0n) is 9.01. The summed E-state index contributed by atoms with van der Waals surface area (Å²) in [5.74, 6) is -0.345. The first-order valence-electron chi connectivity index (χ1n) is 4.54. The van der Waals surface area contributed by atoms with Crippen molar-refractivity contribution < 1.29 is 19.4 Å². The summed E-state index contributed by atoms with van der Waals surface area (Å²) in [6.07, 6.45) is 0.575. The first-order valence-corrected chi connectivity index (χ1v) is 4.54. The first-order chi connectivity index (χ1) is 7.67. The van der Waals surface area contributed by atoms with E-state index in [9.17, 15) is 4.79 Å². The maximum atomic E-state index is 10.6. The highest BCUT2D eigenvalue weighted by Gasteiger charge is 2.16. The highest BCUT2D eigenvalue weighted by Crippen LogP contribution is 2.07. The monoisotopic (exact) mass is 227 g/mol. The maximum absolute atomic E-state index is 10.6. The van der Waals surface area contributed by atoms with Gasteiger partial charge in [-0.2, -0.15) is 4.98 Å². The van der Waals surface area contributed by atoms with E-state index in [2.05, 4.69) is 15.3 Å². The molecule has 0 saturated heterocycles. The van der Waals surface area contributed by atoms with E-state index in [1.165, 1.54) is 20.4 Å². The molecule has 0 aliphatic carbocycles. The quantitative estimate of drug-likeness (QED) is 0.706. The smallest absolute Gasteiger partial charge is 0.334 e. The third-order valence-electron chi connectivity index (χ3n) is 1.84. The van der Waals surface area contributed by atoms with E-state index in [4.69, 9.17) is 14.6 Å². The number of methoxy groups -OCH3 is 2.